The van der Waals surface area contributed by atoms with E-state index in [1.807, 2.05) is 35.7 Å². The van der Waals surface area contributed by atoms with Crippen molar-refractivity contribution in [1.29, 1.82) is 0 Å². The van der Waals surface area contributed by atoms with Crippen LogP contribution in [-0.2, 0) is 11.2 Å². The molecule has 2 aromatic carbocycles. The molecule has 3 aromatic rings. The van der Waals surface area contributed by atoms with Gasteiger partial charge >= 0.3 is 0 Å². The summed E-state index contributed by atoms with van der Waals surface area (Å²) in [5, 5.41) is 8.63. The van der Waals surface area contributed by atoms with Crippen LogP contribution in [0.15, 0.2) is 60.0 Å². The number of amides is 1. The second-order valence-electron chi connectivity index (χ2n) is 5.49. The molecule has 0 atom stereocenters. The number of carbonyl (C=O) groups excluding carboxylic acids is 2. The molecule has 0 saturated carbocycles. The summed E-state index contributed by atoms with van der Waals surface area (Å²) in [7, 11) is 0. The van der Waals surface area contributed by atoms with Gasteiger partial charge in [-0.2, -0.15) is 0 Å². The maximum Gasteiger partial charge on any atom is 0.230 e. The van der Waals surface area contributed by atoms with E-state index in [1.54, 1.807) is 24.3 Å². The summed E-state index contributed by atoms with van der Waals surface area (Å²) in [5.74, 6) is -0.147. The Bertz CT molecular complexity index is 873. The summed E-state index contributed by atoms with van der Waals surface area (Å²) in [5.41, 5.74) is 2.95. The predicted octanol–water partition coefficient (Wildman–Crippen LogP) is 4.27. The Morgan fingerprint density at radius 1 is 1.00 bits per heavy atom. The van der Waals surface area contributed by atoms with Gasteiger partial charge in [-0.05, 0) is 43.3 Å². The van der Waals surface area contributed by atoms with Crippen LogP contribution in [0.4, 0.5) is 16.5 Å². The summed E-state index contributed by atoms with van der Waals surface area (Å²) in [6.07, 6.45) is 0.196. The third-order valence-corrected chi connectivity index (χ3v) is 4.30. The zero-order valence-electron chi connectivity index (χ0n) is 13.7. The molecule has 0 aliphatic heterocycles. The number of Topliss-reactive ketones (excluding diaryl/α,β-unsaturated/α-hetero) is 1. The number of benzene rings is 2. The van der Waals surface area contributed by atoms with Crippen LogP contribution in [-0.4, -0.2) is 16.7 Å². The zero-order valence-corrected chi connectivity index (χ0v) is 14.5. The topological polar surface area (TPSA) is 71.1 Å². The molecule has 0 aliphatic rings. The molecule has 6 heteroatoms. The van der Waals surface area contributed by atoms with Crippen molar-refractivity contribution < 1.29 is 9.59 Å². The highest BCUT2D eigenvalue weighted by molar-refractivity contribution is 7.13. The number of hydrogen-bond donors (Lipinski definition) is 2. The largest absolute Gasteiger partial charge is 0.332 e. The quantitative estimate of drug-likeness (QED) is 0.651. The molecular formula is C19H17N3O2S. The first-order valence-electron chi connectivity index (χ1n) is 7.77. The molecule has 0 spiro atoms. The number of para-hydroxylation sites is 1. The lowest BCUT2D eigenvalue weighted by molar-refractivity contribution is -0.115. The van der Waals surface area contributed by atoms with Gasteiger partial charge in [0.15, 0.2) is 10.9 Å². The summed E-state index contributed by atoms with van der Waals surface area (Å²) < 4.78 is 0. The predicted molar refractivity (Wildman–Crippen MR) is 101 cm³/mol. The van der Waals surface area contributed by atoms with Crippen molar-refractivity contribution in [3.05, 3.63) is 71.2 Å². The van der Waals surface area contributed by atoms with Crippen LogP contribution in [0.3, 0.4) is 0 Å². The number of nitrogens with one attached hydrogen (secondary N) is 2. The number of aromatic nitrogens is 1. The lowest BCUT2D eigenvalue weighted by atomic mass is 10.1. The Morgan fingerprint density at radius 2 is 1.72 bits per heavy atom. The minimum absolute atomic E-state index is 0.00112. The highest BCUT2D eigenvalue weighted by atomic mass is 32.1. The van der Waals surface area contributed by atoms with Crippen molar-refractivity contribution in [3.63, 3.8) is 0 Å². The molecule has 1 aromatic heterocycles. The molecule has 126 valence electrons. The standard InChI is InChI=1S/C19H17N3O2S/c1-13(23)14-7-9-16(10-8-14)20-18(24)11-17-12-25-19(22-17)21-15-5-3-2-4-6-15/h2-10,12H,11H2,1H3,(H,20,24)(H,21,22). The first-order chi connectivity index (χ1) is 12.1. The smallest absolute Gasteiger partial charge is 0.230 e. The number of rotatable bonds is 6. The third-order valence-electron chi connectivity index (χ3n) is 3.49. The van der Waals surface area contributed by atoms with Crippen LogP contribution in [0.2, 0.25) is 0 Å². The average molecular weight is 351 g/mol. The number of nitrogens with zero attached hydrogens (tertiary/aromatic N) is 1. The van der Waals surface area contributed by atoms with Crippen molar-refractivity contribution in [3.8, 4) is 0 Å². The van der Waals surface area contributed by atoms with Gasteiger partial charge in [0.05, 0.1) is 12.1 Å². The van der Waals surface area contributed by atoms with E-state index in [4.69, 9.17) is 0 Å². The minimum atomic E-state index is -0.146. The summed E-state index contributed by atoms with van der Waals surface area (Å²) in [6, 6.07) is 16.6. The van der Waals surface area contributed by atoms with Crippen LogP contribution in [0, 0.1) is 0 Å². The second-order valence-corrected chi connectivity index (χ2v) is 6.35. The van der Waals surface area contributed by atoms with Crippen LogP contribution < -0.4 is 10.6 Å². The number of anilines is 3. The van der Waals surface area contributed by atoms with Gasteiger partial charge in [0, 0.05) is 22.3 Å². The van der Waals surface area contributed by atoms with E-state index in [0.29, 0.717) is 16.9 Å². The van der Waals surface area contributed by atoms with E-state index in [-0.39, 0.29) is 18.1 Å². The zero-order chi connectivity index (χ0) is 17.6. The molecule has 0 aliphatic carbocycles. The van der Waals surface area contributed by atoms with Gasteiger partial charge in [-0.25, -0.2) is 4.98 Å². The number of hydrogen-bond acceptors (Lipinski definition) is 5. The fraction of sp³-hybridized carbons (Fsp3) is 0.105. The van der Waals surface area contributed by atoms with E-state index in [2.05, 4.69) is 15.6 Å². The molecule has 3 rings (SSSR count). The van der Waals surface area contributed by atoms with Crippen LogP contribution >= 0.6 is 11.3 Å². The van der Waals surface area contributed by atoms with Crippen LogP contribution in [0.5, 0.6) is 0 Å². The number of thiazole rings is 1. The Hall–Kier alpha value is -2.99. The molecule has 25 heavy (non-hydrogen) atoms. The van der Waals surface area contributed by atoms with Crippen molar-refractivity contribution >= 4 is 39.5 Å². The normalized spacial score (nSPS) is 10.3. The third kappa shape index (κ3) is 4.74. The summed E-state index contributed by atoms with van der Waals surface area (Å²) in [4.78, 5) is 27.8. The van der Waals surface area contributed by atoms with Gasteiger partial charge in [-0.3, -0.25) is 9.59 Å². The van der Waals surface area contributed by atoms with Crippen molar-refractivity contribution in [1.82, 2.24) is 4.98 Å². The maximum absolute atomic E-state index is 12.1. The highest BCUT2D eigenvalue weighted by Crippen LogP contribution is 2.21. The summed E-state index contributed by atoms with van der Waals surface area (Å²) >= 11 is 1.46. The average Bonchev–Trinajstić information content (AvgIpc) is 3.03. The number of ketones is 1. The van der Waals surface area contributed by atoms with Gasteiger partial charge in [0.25, 0.3) is 0 Å². The molecule has 0 saturated heterocycles. The van der Waals surface area contributed by atoms with Crippen LogP contribution in [0.25, 0.3) is 0 Å². The van der Waals surface area contributed by atoms with E-state index in [0.717, 1.165) is 10.8 Å². The molecule has 1 heterocycles. The molecule has 2 N–H and O–H groups in total. The van der Waals surface area contributed by atoms with Crippen LogP contribution in [0.1, 0.15) is 23.0 Å². The molecule has 5 nitrogen and oxygen atoms in total. The maximum atomic E-state index is 12.1. The van der Waals surface area contributed by atoms with E-state index >= 15 is 0 Å². The second kappa shape index (κ2) is 7.72. The van der Waals surface area contributed by atoms with Crippen molar-refractivity contribution in [2.45, 2.75) is 13.3 Å². The molecule has 0 fully saturated rings. The fourth-order valence-electron chi connectivity index (χ4n) is 2.25. The number of carbonyl (C=O) groups is 2. The monoisotopic (exact) mass is 351 g/mol. The molecule has 1 amide bonds. The Morgan fingerprint density at radius 3 is 2.40 bits per heavy atom. The Balaban J connectivity index is 1.57. The van der Waals surface area contributed by atoms with Crippen molar-refractivity contribution in [2.24, 2.45) is 0 Å². The van der Waals surface area contributed by atoms with E-state index < -0.39 is 0 Å². The van der Waals surface area contributed by atoms with Gasteiger partial charge in [0.2, 0.25) is 5.91 Å². The molecule has 0 unspecified atom stereocenters. The highest BCUT2D eigenvalue weighted by Gasteiger charge is 2.09. The first kappa shape index (κ1) is 16.9. The fourth-order valence-corrected chi connectivity index (χ4v) is 2.98. The van der Waals surface area contributed by atoms with Gasteiger partial charge in [-0.1, -0.05) is 18.2 Å². The SMILES string of the molecule is CC(=O)c1ccc(NC(=O)Cc2csc(Nc3ccccc3)n2)cc1. The van der Waals surface area contributed by atoms with Gasteiger partial charge in [0.1, 0.15) is 0 Å². The Labute approximate surface area is 149 Å². The molecule has 0 radical (unpaired) electrons. The lowest BCUT2D eigenvalue weighted by Crippen LogP contribution is -2.14. The lowest BCUT2D eigenvalue weighted by Gasteiger charge is -2.05. The molecule has 0 bridgehead atoms. The van der Waals surface area contributed by atoms with Gasteiger partial charge < -0.3 is 10.6 Å². The summed E-state index contributed by atoms with van der Waals surface area (Å²) in [6.45, 7) is 1.51. The Kier molecular flexibility index (Phi) is 5.20. The van der Waals surface area contributed by atoms with Gasteiger partial charge in [-0.15, -0.1) is 11.3 Å². The van der Waals surface area contributed by atoms with Crippen molar-refractivity contribution in [2.75, 3.05) is 10.6 Å². The van der Waals surface area contributed by atoms with E-state index in [9.17, 15) is 9.59 Å². The van der Waals surface area contributed by atoms with E-state index in [1.165, 1.54) is 18.3 Å². The first-order valence-corrected chi connectivity index (χ1v) is 8.65. The molecular weight excluding hydrogens is 334 g/mol. The minimum Gasteiger partial charge on any atom is -0.332 e.